The summed E-state index contributed by atoms with van der Waals surface area (Å²) in [7, 11) is 3.80. The van der Waals surface area contributed by atoms with Gasteiger partial charge in [-0.25, -0.2) is 9.29 Å². The van der Waals surface area contributed by atoms with E-state index < -0.39 is 6.04 Å². The Balaban J connectivity index is 0.00000101. The van der Waals surface area contributed by atoms with Gasteiger partial charge in [0.1, 0.15) is 17.9 Å². The molecule has 1 saturated heterocycles. The van der Waals surface area contributed by atoms with Gasteiger partial charge in [0.05, 0.1) is 18.5 Å². The number of likely N-dealkylation sites (tertiary alicyclic amines) is 1. The van der Waals surface area contributed by atoms with Gasteiger partial charge in [0.25, 0.3) is 0 Å². The Morgan fingerprint density at radius 1 is 1.24 bits per heavy atom. The number of anilines is 1. The number of nitrogens with two attached hydrogens (primary N) is 1. The summed E-state index contributed by atoms with van der Waals surface area (Å²) in [6, 6.07) is 3.56. The Hall–Kier alpha value is -3.03. The van der Waals surface area contributed by atoms with Gasteiger partial charge in [-0.3, -0.25) is 9.59 Å². The summed E-state index contributed by atoms with van der Waals surface area (Å²) in [5, 5.41) is 6.36. The molecule has 1 unspecified atom stereocenters. The maximum Gasteiger partial charge on any atom is 0.246 e. The molecule has 2 atom stereocenters. The van der Waals surface area contributed by atoms with E-state index in [0.717, 1.165) is 36.9 Å². The van der Waals surface area contributed by atoms with Gasteiger partial charge >= 0.3 is 0 Å². The minimum Gasteiger partial charge on any atom is -0.389 e. The number of aryl methyl sites for hydroxylation is 2. The first-order valence-electron chi connectivity index (χ1n) is 12.4. The molecule has 0 bridgehead atoms. The Kier molecular flexibility index (Phi) is 16.8. The third-order valence-electron chi connectivity index (χ3n) is 5.37. The van der Waals surface area contributed by atoms with Crippen molar-refractivity contribution in [2.45, 2.75) is 71.5 Å². The molecule has 1 saturated carbocycles. The van der Waals surface area contributed by atoms with Crippen molar-refractivity contribution in [1.82, 2.24) is 19.5 Å². The lowest BCUT2D eigenvalue weighted by atomic mass is 10.0. The van der Waals surface area contributed by atoms with Gasteiger partial charge in [-0.05, 0) is 77.2 Å². The van der Waals surface area contributed by atoms with E-state index in [1.54, 1.807) is 4.90 Å². The summed E-state index contributed by atoms with van der Waals surface area (Å²) in [5.41, 5.74) is 6.97. The van der Waals surface area contributed by atoms with Crippen LogP contribution in [0.2, 0.25) is 0 Å². The number of hydrogen-bond donors (Lipinski definition) is 3. The molecule has 4 N–H and O–H groups in total. The van der Waals surface area contributed by atoms with E-state index in [0.29, 0.717) is 18.4 Å². The average Bonchev–Trinajstić information content (AvgIpc) is 3.53. The molecule has 206 valence electrons. The summed E-state index contributed by atoms with van der Waals surface area (Å²) < 4.78 is 5.52. The second-order valence-corrected chi connectivity index (χ2v) is 10.3. The molecule has 3 rings (SSSR count). The quantitative estimate of drug-likeness (QED) is 0.154. The second-order valence-electron chi connectivity index (χ2n) is 9.16. The zero-order valence-electron chi connectivity index (χ0n) is 23.2. The lowest BCUT2D eigenvalue weighted by molar-refractivity contribution is -0.139. The average molecular weight is 532 g/mol. The van der Waals surface area contributed by atoms with Crippen molar-refractivity contribution in [2.75, 3.05) is 26.0 Å². The third-order valence-corrected chi connectivity index (χ3v) is 5.91. The normalized spacial score (nSPS) is 17.0. The van der Waals surface area contributed by atoms with Crippen molar-refractivity contribution in [1.29, 1.82) is 0 Å². The fraction of sp³-hybridized carbons (Fsp3) is 0.556. The van der Waals surface area contributed by atoms with Crippen LogP contribution in [0.3, 0.4) is 0 Å². The number of carbonyl (C=O) groups excluding carboxylic acids is 2. The summed E-state index contributed by atoms with van der Waals surface area (Å²) in [4.78, 5) is 32.0. The monoisotopic (exact) mass is 531 g/mol. The predicted octanol–water partition coefficient (Wildman–Crippen LogP) is 3.55. The van der Waals surface area contributed by atoms with E-state index in [-0.39, 0.29) is 23.8 Å². The largest absolute Gasteiger partial charge is 0.389 e. The Labute approximate surface area is 228 Å². The van der Waals surface area contributed by atoms with Gasteiger partial charge in [0, 0.05) is 18.3 Å². The van der Waals surface area contributed by atoms with Crippen molar-refractivity contribution in [3.05, 3.63) is 36.5 Å². The van der Waals surface area contributed by atoms with E-state index >= 15 is 0 Å². The second kappa shape index (κ2) is 18.3. The smallest absolute Gasteiger partial charge is 0.246 e. The number of rotatable bonds is 8. The predicted molar refractivity (Wildman–Crippen MR) is 157 cm³/mol. The summed E-state index contributed by atoms with van der Waals surface area (Å²) in [6.07, 6.45) is 13.0. The van der Waals surface area contributed by atoms with E-state index in [2.05, 4.69) is 46.0 Å². The minimum atomic E-state index is -0.391. The van der Waals surface area contributed by atoms with Gasteiger partial charge in [-0.2, -0.15) is 4.40 Å². The number of pyridine rings is 1. The molecule has 37 heavy (non-hydrogen) atoms. The van der Waals surface area contributed by atoms with Crippen LogP contribution >= 0.6 is 12.1 Å². The van der Waals surface area contributed by atoms with Crippen molar-refractivity contribution in [3.8, 4) is 12.8 Å². The number of nitrogens with one attached hydrogen (secondary N) is 2. The molecular weight excluding hydrogens is 486 g/mol. The fourth-order valence-corrected chi connectivity index (χ4v) is 3.96. The molecule has 1 aliphatic heterocycles. The topological polar surface area (TPSA) is 116 Å². The number of terminal acetylenes is 1. The Morgan fingerprint density at radius 3 is 2.32 bits per heavy atom. The lowest BCUT2D eigenvalue weighted by Crippen LogP contribution is -2.52. The Morgan fingerprint density at radius 2 is 1.86 bits per heavy atom. The fourth-order valence-electron chi connectivity index (χ4n) is 3.72. The van der Waals surface area contributed by atoms with E-state index in [4.69, 9.17) is 5.73 Å². The third kappa shape index (κ3) is 12.7. The molecule has 10 heteroatoms. The van der Waals surface area contributed by atoms with E-state index in [9.17, 15) is 9.59 Å². The first-order valence-corrected chi connectivity index (χ1v) is 13.1. The number of aromatic nitrogens is 1. The van der Waals surface area contributed by atoms with Crippen LogP contribution in [0.5, 0.6) is 0 Å². The zero-order chi connectivity index (χ0) is 28.5. The van der Waals surface area contributed by atoms with Gasteiger partial charge in [0.2, 0.25) is 11.8 Å². The maximum absolute atomic E-state index is 13.2. The van der Waals surface area contributed by atoms with Gasteiger partial charge < -0.3 is 21.3 Å². The minimum absolute atomic E-state index is 0.00498. The van der Waals surface area contributed by atoms with Crippen LogP contribution in [-0.4, -0.2) is 71.1 Å². The van der Waals surface area contributed by atoms with Crippen LogP contribution in [0.15, 0.2) is 29.7 Å². The highest BCUT2D eigenvalue weighted by Crippen LogP contribution is 2.24. The number of nitrogens with zero attached hydrogens (tertiary/aromatic N) is 4. The van der Waals surface area contributed by atoms with Crippen LogP contribution in [-0.2, 0) is 9.59 Å². The van der Waals surface area contributed by atoms with Crippen LogP contribution in [0, 0.1) is 32.6 Å². The van der Waals surface area contributed by atoms with Crippen molar-refractivity contribution >= 4 is 36.1 Å². The van der Waals surface area contributed by atoms with Gasteiger partial charge in [0.15, 0.2) is 0 Å². The number of amides is 2. The SMILES string of the molecule is C#C.C=C.CN(C)S/N=C/N.Cc1cc(C)nc(NC(C(=O)N2CCC[C@H]2C(=O)NC2CC2)C(C)C)c1. The maximum atomic E-state index is 13.2. The molecule has 0 aromatic carbocycles. The highest BCUT2D eigenvalue weighted by molar-refractivity contribution is 7.95. The van der Waals surface area contributed by atoms with Crippen molar-refractivity contribution in [2.24, 2.45) is 16.0 Å². The summed E-state index contributed by atoms with van der Waals surface area (Å²) in [5.74, 6) is 0.811. The molecule has 2 amide bonds. The molecular formula is C27H45N7O2S. The molecule has 2 fully saturated rings. The number of hydrogen-bond acceptors (Lipinski definition) is 7. The first kappa shape index (κ1) is 34.0. The van der Waals surface area contributed by atoms with E-state index in [1.807, 2.05) is 58.2 Å². The van der Waals surface area contributed by atoms with Crippen molar-refractivity contribution < 1.29 is 9.59 Å². The van der Waals surface area contributed by atoms with Crippen LogP contribution in [0.1, 0.15) is 50.8 Å². The zero-order valence-corrected chi connectivity index (χ0v) is 24.1. The van der Waals surface area contributed by atoms with Crippen molar-refractivity contribution in [3.63, 3.8) is 0 Å². The highest BCUT2D eigenvalue weighted by Gasteiger charge is 2.39. The molecule has 1 aromatic heterocycles. The number of carbonyl (C=O) groups is 2. The summed E-state index contributed by atoms with van der Waals surface area (Å²) in [6.45, 7) is 14.7. The first-order chi connectivity index (χ1) is 17.6. The van der Waals surface area contributed by atoms with Crippen LogP contribution in [0.4, 0.5) is 5.82 Å². The molecule has 1 aromatic rings. The molecule has 1 aliphatic carbocycles. The molecule has 9 nitrogen and oxygen atoms in total. The molecule has 2 heterocycles. The van der Waals surface area contributed by atoms with Crippen LogP contribution in [0.25, 0.3) is 0 Å². The standard InChI is InChI=1S/C20H30N4O2.C3H9N3S.C2H4.C2H2/c1-12(2)18(23-17-11-13(3)10-14(4)21-17)20(26)24-9-5-6-16(24)19(25)22-15-7-8-15;1-6(2)7-5-3-4;2*1-2/h10-12,15-16,18H,5-9H2,1-4H3,(H,21,23)(H,22,25);3H,1-2H3,(H2,4,5);1-2H2;1-2H/t16-,18?;;;/m0.../s1. The molecule has 0 radical (unpaired) electrons. The molecule has 0 spiro atoms. The lowest BCUT2D eigenvalue weighted by Gasteiger charge is -2.31. The van der Waals surface area contributed by atoms with Crippen LogP contribution < -0.4 is 16.4 Å². The Bertz CT molecular complexity index is 865. The highest BCUT2D eigenvalue weighted by atomic mass is 32.2. The van der Waals surface area contributed by atoms with Gasteiger partial charge in [-0.1, -0.05) is 13.8 Å². The van der Waals surface area contributed by atoms with E-state index in [1.165, 1.54) is 18.5 Å². The molecule has 2 aliphatic rings. The summed E-state index contributed by atoms with van der Waals surface area (Å²) >= 11 is 1.31. The van der Waals surface area contributed by atoms with Gasteiger partial charge in [-0.15, -0.1) is 26.0 Å².